The van der Waals surface area contributed by atoms with Crippen molar-refractivity contribution in [2.24, 2.45) is 0 Å². The third kappa shape index (κ3) is 3.72. The Morgan fingerprint density at radius 1 is 0.885 bits per heavy atom. The number of rotatable bonds is 3. The lowest BCUT2D eigenvalue weighted by Crippen LogP contribution is -2.08. The van der Waals surface area contributed by atoms with Crippen LogP contribution >= 0.6 is 0 Å². The van der Waals surface area contributed by atoms with Gasteiger partial charge in [-0.15, -0.1) is 0 Å². The molecule has 1 aromatic carbocycles. The van der Waals surface area contributed by atoms with Gasteiger partial charge in [-0.1, -0.05) is 30.3 Å². The molecular weight excluding hydrogens is 367 g/mol. The topological polar surface area (TPSA) is 72.8 Å². The molecule has 0 saturated carbocycles. The fourth-order valence-electron chi connectivity index (χ4n) is 2.28. The number of hydrogen-bond acceptors (Lipinski definition) is 5. The first-order chi connectivity index (χ1) is 12.2. The first-order valence-electron chi connectivity index (χ1n) is 7.32. The Hall–Kier alpha value is -2.81. The van der Waals surface area contributed by atoms with Gasteiger partial charge in [0.2, 0.25) is 0 Å². The van der Waals surface area contributed by atoms with E-state index in [9.17, 15) is 21.6 Å². The summed E-state index contributed by atoms with van der Waals surface area (Å²) in [5, 5.41) is 0. The normalized spacial score (nSPS) is 12.2. The smallest absolute Gasteiger partial charge is 0.251 e. The van der Waals surface area contributed by atoms with Gasteiger partial charge in [0.15, 0.2) is 15.7 Å². The zero-order valence-corrected chi connectivity index (χ0v) is 14.2. The fourth-order valence-corrected chi connectivity index (χ4v) is 3.04. The number of aromatic nitrogens is 3. The molecule has 0 atom stereocenters. The van der Waals surface area contributed by atoms with Crippen molar-refractivity contribution in [2.75, 3.05) is 6.26 Å². The molecule has 0 aliphatic heterocycles. The molecule has 0 fully saturated rings. The zero-order chi connectivity index (χ0) is 18.9. The van der Waals surface area contributed by atoms with Crippen molar-refractivity contribution < 1.29 is 21.6 Å². The van der Waals surface area contributed by atoms with E-state index in [2.05, 4.69) is 15.0 Å². The highest BCUT2D eigenvalue weighted by Crippen LogP contribution is 2.30. The third-order valence-corrected chi connectivity index (χ3v) is 4.61. The Morgan fingerprint density at radius 2 is 1.58 bits per heavy atom. The minimum Gasteiger partial charge on any atom is -0.251 e. The number of sulfone groups is 1. The molecule has 0 radical (unpaired) electrons. The van der Waals surface area contributed by atoms with Crippen LogP contribution in [0, 0.1) is 0 Å². The maximum Gasteiger partial charge on any atom is 0.433 e. The Labute approximate surface area is 147 Å². The van der Waals surface area contributed by atoms with Crippen LogP contribution < -0.4 is 0 Å². The van der Waals surface area contributed by atoms with Crippen molar-refractivity contribution >= 4 is 9.84 Å². The molecule has 134 valence electrons. The van der Waals surface area contributed by atoms with E-state index in [1.807, 2.05) is 0 Å². The highest BCUT2D eigenvalue weighted by molar-refractivity contribution is 7.90. The molecule has 3 aromatic rings. The second-order valence-corrected chi connectivity index (χ2v) is 7.46. The summed E-state index contributed by atoms with van der Waals surface area (Å²) < 4.78 is 61.9. The number of hydrogen-bond donors (Lipinski definition) is 0. The summed E-state index contributed by atoms with van der Waals surface area (Å²) in [5.74, 6) is 0.0810. The van der Waals surface area contributed by atoms with Gasteiger partial charge in [-0.2, -0.15) is 13.2 Å². The largest absolute Gasteiger partial charge is 0.433 e. The molecule has 9 heteroatoms. The van der Waals surface area contributed by atoms with Crippen molar-refractivity contribution in [1.29, 1.82) is 0 Å². The SMILES string of the molecule is CS(=O)(=O)c1cnc(-c2ccc(C(F)(F)F)nc2)nc1-c1ccccc1. The Morgan fingerprint density at radius 3 is 2.12 bits per heavy atom. The molecule has 2 heterocycles. The monoisotopic (exact) mass is 379 g/mol. The molecule has 26 heavy (non-hydrogen) atoms. The summed E-state index contributed by atoms with van der Waals surface area (Å²) in [4.78, 5) is 11.6. The van der Waals surface area contributed by atoms with Gasteiger partial charge in [-0.25, -0.2) is 18.4 Å². The average Bonchev–Trinajstić information content (AvgIpc) is 2.60. The number of pyridine rings is 1. The fraction of sp³-hybridized carbons (Fsp3) is 0.118. The lowest BCUT2D eigenvalue weighted by atomic mass is 10.1. The van der Waals surface area contributed by atoms with Gasteiger partial charge in [-0.3, -0.25) is 4.98 Å². The van der Waals surface area contributed by atoms with Crippen molar-refractivity contribution in [1.82, 2.24) is 15.0 Å². The molecule has 0 spiro atoms. The van der Waals surface area contributed by atoms with Crippen LogP contribution in [0.2, 0.25) is 0 Å². The standard InChI is InChI=1S/C17H12F3N3O2S/c1-26(24,25)13-10-22-16(23-15(13)11-5-3-2-4-6-11)12-7-8-14(21-9-12)17(18,19)20/h2-10H,1H3. The van der Waals surface area contributed by atoms with E-state index >= 15 is 0 Å². The minimum absolute atomic E-state index is 0.0627. The zero-order valence-electron chi connectivity index (χ0n) is 13.4. The molecule has 0 amide bonds. The summed E-state index contributed by atoms with van der Waals surface area (Å²) in [6.07, 6.45) is -1.35. The van der Waals surface area contributed by atoms with Crippen LogP contribution in [0.3, 0.4) is 0 Å². The summed E-state index contributed by atoms with van der Waals surface area (Å²) in [6.45, 7) is 0. The number of alkyl halides is 3. The van der Waals surface area contributed by atoms with Crippen LogP contribution in [0.5, 0.6) is 0 Å². The number of nitrogens with zero attached hydrogens (tertiary/aromatic N) is 3. The molecule has 0 saturated heterocycles. The highest BCUT2D eigenvalue weighted by Gasteiger charge is 2.32. The van der Waals surface area contributed by atoms with E-state index < -0.39 is 21.7 Å². The first-order valence-corrected chi connectivity index (χ1v) is 9.21. The number of halogens is 3. The van der Waals surface area contributed by atoms with Gasteiger partial charge < -0.3 is 0 Å². The second-order valence-electron chi connectivity index (χ2n) is 5.47. The van der Waals surface area contributed by atoms with Gasteiger partial charge in [0, 0.05) is 23.6 Å². The van der Waals surface area contributed by atoms with Crippen molar-refractivity contribution in [3.63, 3.8) is 0 Å². The molecule has 0 aliphatic carbocycles. The van der Waals surface area contributed by atoms with Gasteiger partial charge in [0.05, 0.1) is 11.9 Å². The van der Waals surface area contributed by atoms with Gasteiger partial charge in [-0.05, 0) is 12.1 Å². The third-order valence-electron chi connectivity index (χ3n) is 3.51. The lowest BCUT2D eigenvalue weighted by molar-refractivity contribution is -0.141. The Kier molecular flexibility index (Phi) is 4.49. The predicted molar refractivity (Wildman–Crippen MR) is 88.8 cm³/mol. The second kappa shape index (κ2) is 6.49. The molecule has 5 nitrogen and oxygen atoms in total. The van der Waals surface area contributed by atoms with Crippen molar-refractivity contribution in [2.45, 2.75) is 11.1 Å². The van der Waals surface area contributed by atoms with Crippen molar-refractivity contribution in [3.8, 4) is 22.6 Å². The van der Waals surface area contributed by atoms with Crippen LogP contribution in [-0.2, 0) is 16.0 Å². The molecular formula is C17H12F3N3O2S. The molecule has 0 N–H and O–H groups in total. The van der Waals surface area contributed by atoms with Gasteiger partial charge in [0.25, 0.3) is 0 Å². The molecule has 0 unspecified atom stereocenters. The van der Waals surface area contributed by atoms with Gasteiger partial charge in [0.1, 0.15) is 10.6 Å². The summed E-state index contributed by atoms with van der Waals surface area (Å²) in [5.41, 5.74) is -0.0537. The molecule has 0 bridgehead atoms. The Balaban J connectivity index is 2.13. The van der Waals surface area contributed by atoms with Crippen molar-refractivity contribution in [3.05, 3.63) is 60.6 Å². The van der Waals surface area contributed by atoms with E-state index in [0.29, 0.717) is 5.56 Å². The first kappa shape index (κ1) is 18.0. The van der Waals surface area contributed by atoms with Crippen LogP contribution in [0.4, 0.5) is 13.2 Å². The molecule has 2 aromatic heterocycles. The van der Waals surface area contributed by atoms with Crippen LogP contribution in [0.1, 0.15) is 5.69 Å². The average molecular weight is 379 g/mol. The van der Waals surface area contributed by atoms with Crippen LogP contribution in [0.25, 0.3) is 22.6 Å². The predicted octanol–water partition coefficient (Wildman–Crippen LogP) is 3.63. The molecule has 3 rings (SSSR count). The van der Waals surface area contributed by atoms with Gasteiger partial charge >= 0.3 is 6.18 Å². The quantitative estimate of drug-likeness (QED) is 0.695. The lowest BCUT2D eigenvalue weighted by Gasteiger charge is -2.10. The highest BCUT2D eigenvalue weighted by atomic mass is 32.2. The summed E-state index contributed by atoms with van der Waals surface area (Å²) in [6, 6.07) is 10.6. The maximum atomic E-state index is 12.6. The van der Waals surface area contributed by atoms with E-state index in [4.69, 9.17) is 0 Å². The van der Waals surface area contributed by atoms with E-state index in [0.717, 1.165) is 24.7 Å². The summed E-state index contributed by atoms with van der Waals surface area (Å²) >= 11 is 0. The number of benzene rings is 1. The van der Waals surface area contributed by atoms with Crippen LogP contribution in [-0.4, -0.2) is 29.6 Å². The van der Waals surface area contributed by atoms with E-state index in [-0.39, 0.29) is 22.0 Å². The summed E-state index contributed by atoms with van der Waals surface area (Å²) in [7, 11) is -3.60. The van der Waals surface area contributed by atoms with E-state index in [1.165, 1.54) is 6.07 Å². The minimum atomic E-state index is -4.55. The van der Waals surface area contributed by atoms with Crippen LogP contribution in [0.15, 0.2) is 59.8 Å². The molecule has 0 aliphatic rings. The Bertz CT molecular complexity index is 1040. The van der Waals surface area contributed by atoms with E-state index in [1.54, 1.807) is 30.3 Å². The maximum absolute atomic E-state index is 12.6.